The summed E-state index contributed by atoms with van der Waals surface area (Å²) in [5, 5.41) is 4.36. The average molecular weight is 441 g/mol. The van der Waals surface area contributed by atoms with E-state index in [9.17, 15) is 4.79 Å². The van der Waals surface area contributed by atoms with Gasteiger partial charge in [-0.15, -0.1) is 0 Å². The molecule has 0 bridgehead atoms. The standard InChI is InChI=1S/C22H21BrN2O3/c1-14(22(26)28-3)10-17-11-16-12-18(23)6-9-20(16)25-21(17)24-13-15-4-7-19(27-2)8-5-15/h4-12H,13H2,1-3H3,(H,24,25)/b14-10+. The summed E-state index contributed by atoms with van der Waals surface area (Å²) in [5.74, 6) is 1.15. The summed E-state index contributed by atoms with van der Waals surface area (Å²) in [6.07, 6.45) is 1.79. The zero-order valence-corrected chi connectivity index (χ0v) is 17.5. The summed E-state index contributed by atoms with van der Waals surface area (Å²) in [7, 11) is 3.02. The first-order valence-corrected chi connectivity index (χ1v) is 9.53. The largest absolute Gasteiger partial charge is 0.497 e. The van der Waals surface area contributed by atoms with Crippen LogP contribution in [0.5, 0.6) is 5.75 Å². The van der Waals surface area contributed by atoms with E-state index in [0.717, 1.165) is 32.3 Å². The van der Waals surface area contributed by atoms with Crippen molar-refractivity contribution in [2.45, 2.75) is 13.5 Å². The van der Waals surface area contributed by atoms with E-state index in [-0.39, 0.29) is 5.97 Å². The van der Waals surface area contributed by atoms with Crippen LogP contribution in [-0.4, -0.2) is 25.2 Å². The molecule has 0 spiro atoms. The van der Waals surface area contributed by atoms with Gasteiger partial charge in [0.2, 0.25) is 0 Å². The van der Waals surface area contributed by atoms with E-state index >= 15 is 0 Å². The molecule has 28 heavy (non-hydrogen) atoms. The van der Waals surface area contributed by atoms with Crippen LogP contribution in [0.25, 0.3) is 17.0 Å². The number of methoxy groups -OCH3 is 2. The van der Waals surface area contributed by atoms with Crippen molar-refractivity contribution >= 4 is 44.7 Å². The molecule has 0 fully saturated rings. The number of hydrogen-bond donors (Lipinski definition) is 1. The maximum absolute atomic E-state index is 11.8. The average Bonchev–Trinajstić information content (AvgIpc) is 2.71. The van der Waals surface area contributed by atoms with Crippen LogP contribution in [0.2, 0.25) is 0 Å². The maximum atomic E-state index is 11.8. The lowest BCUT2D eigenvalue weighted by Gasteiger charge is -2.12. The molecule has 0 aliphatic heterocycles. The number of carbonyl (C=O) groups excluding carboxylic acids is 1. The van der Waals surface area contributed by atoms with Gasteiger partial charge in [-0.2, -0.15) is 0 Å². The second kappa shape index (κ2) is 8.89. The number of rotatable bonds is 6. The van der Waals surface area contributed by atoms with Gasteiger partial charge in [-0.3, -0.25) is 0 Å². The predicted molar refractivity (Wildman–Crippen MR) is 115 cm³/mol. The van der Waals surface area contributed by atoms with Gasteiger partial charge in [0, 0.05) is 27.5 Å². The fourth-order valence-corrected chi connectivity index (χ4v) is 3.18. The van der Waals surface area contributed by atoms with Gasteiger partial charge in [-0.25, -0.2) is 9.78 Å². The number of carbonyl (C=O) groups is 1. The van der Waals surface area contributed by atoms with E-state index in [1.54, 1.807) is 20.1 Å². The number of ether oxygens (including phenoxy) is 2. The van der Waals surface area contributed by atoms with Gasteiger partial charge in [0.15, 0.2) is 0 Å². The Morgan fingerprint density at radius 2 is 1.89 bits per heavy atom. The van der Waals surface area contributed by atoms with Crippen molar-refractivity contribution in [3.8, 4) is 5.75 Å². The number of halogens is 1. The van der Waals surface area contributed by atoms with Crippen molar-refractivity contribution in [1.82, 2.24) is 4.98 Å². The SMILES string of the molecule is COC(=O)/C(C)=C/c1cc2cc(Br)ccc2nc1NCc1ccc(OC)cc1. The molecule has 0 amide bonds. The molecule has 3 aromatic rings. The highest BCUT2D eigenvalue weighted by atomic mass is 79.9. The molecule has 0 saturated heterocycles. The van der Waals surface area contributed by atoms with Crippen molar-refractivity contribution in [3.63, 3.8) is 0 Å². The van der Waals surface area contributed by atoms with Gasteiger partial charge < -0.3 is 14.8 Å². The molecule has 0 radical (unpaired) electrons. The van der Waals surface area contributed by atoms with E-state index in [4.69, 9.17) is 14.5 Å². The summed E-state index contributed by atoms with van der Waals surface area (Å²) < 4.78 is 11.0. The lowest BCUT2D eigenvalue weighted by molar-refractivity contribution is -0.135. The van der Waals surface area contributed by atoms with E-state index in [2.05, 4.69) is 21.2 Å². The van der Waals surface area contributed by atoms with Gasteiger partial charge in [0.25, 0.3) is 0 Å². The summed E-state index contributed by atoms with van der Waals surface area (Å²) in [4.78, 5) is 16.6. The zero-order valence-electron chi connectivity index (χ0n) is 16.0. The second-order valence-corrected chi connectivity index (χ2v) is 7.20. The summed E-state index contributed by atoms with van der Waals surface area (Å²) in [6, 6.07) is 15.8. The first-order valence-electron chi connectivity index (χ1n) is 8.74. The molecule has 0 saturated carbocycles. The first kappa shape index (κ1) is 19.9. The Balaban J connectivity index is 1.96. The van der Waals surface area contributed by atoms with E-state index in [1.807, 2.05) is 48.5 Å². The van der Waals surface area contributed by atoms with Gasteiger partial charge in [-0.1, -0.05) is 28.1 Å². The molecule has 6 heteroatoms. The summed E-state index contributed by atoms with van der Waals surface area (Å²) >= 11 is 3.49. The summed E-state index contributed by atoms with van der Waals surface area (Å²) in [5.41, 5.74) is 3.29. The van der Waals surface area contributed by atoms with Gasteiger partial charge in [-0.05, 0) is 55.0 Å². The molecule has 3 rings (SSSR count). The third-order valence-electron chi connectivity index (χ3n) is 4.30. The quantitative estimate of drug-likeness (QED) is 0.421. The van der Waals surface area contributed by atoms with Crippen molar-refractivity contribution < 1.29 is 14.3 Å². The van der Waals surface area contributed by atoms with Gasteiger partial charge in [0.1, 0.15) is 11.6 Å². The lowest BCUT2D eigenvalue weighted by Crippen LogP contribution is -2.05. The second-order valence-electron chi connectivity index (χ2n) is 6.28. The van der Waals surface area contributed by atoms with Crippen LogP contribution in [0.4, 0.5) is 5.82 Å². The highest BCUT2D eigenvalue weighted by molar-refractivity contribution is 9.10. The van der Waals surface area contributed by atoms with Crippen molar-refractivity contribution in [2.24, 2.45) is 0 Å². The highest BCUT2D eigenvalue weighted by Gasteiger charge is 2.10. The third kappa shape index (κ3) is 4.70. The molecule has 1 N–H and O–H groups in total. The third-order valence-corrected chi connectivity index (χ3v) is 4.80. The molecule has 0 unspecified atom stereocenters. The number of aromatic nitrogens is 1. The molecule has 5 nitrogen and oxygen atoms in total. The smallest absolute Gasteiger partial charge is 0.333 e. The van der Waals surface area contributed by atoms with E-state index < -0.39 is 0 Å². The molecule has 0 atom stereocenters. The minimum Gasteiger partial charge on any atom is -0.497 e. The minimum atomic E-state index is -0.365. The Morgan fingerprint density at radius 1 is 1.14 bits per heavy atom. The Kier molecular flexibility index (Phi) is 6.31. The first-order chi connectivity index (χ1) is 13.5. The van der Waals surface area contributed by atoms with Crippen LogP contribution in [-0.2, 0) is 16.1 Å². The number of nitrogens with one attached hydrogen (secondary N) is 1. The molecule has 1 aromatic heterocycles. The molecule has 0 aliphatic carbocycles. The van der Waals surface area contributed by atoms with E-state index in [1.165, 1.54) is 7.11 Å². The van der Waals surface area contributed by atoms with Crippen LogP contribution in [0.15, 0.2) is 58.6 Å². The van der Waals surface area contributed by atoms with Crippen LogP contribution in [0.3, 0.4) is 0 Å². The number of esters is 1. The topological polar surface area (TPSA) is 60.5 Å². The predicted octanol–water partition coefficient (Wildman–Crippen LogP) is 5.19. The number of anilines is 1. The van der Waals surface area contributed by atoms with Crippen molar-refractivity contribution in [3.05, 3.63) is 69.7 Å². The Bertz CT molecular complexity index is 1030. The molecule has 0 aliphatic rings. The van der Waals surface area contributed by atoms with Gasteiger partial charge >= 0.3 is 5.97 Å². The number of benzene rings is 2. The molecular weight excluding hydrogens is 420 g/mol. The van der Waals surface area contributed by atoms with Crippen LogP contribution in [0.1, 0.15) is 18.1 Å². The van der Waals surface area contributed by atoms with Gasteiger partial charge in [0.05, 0.1) is 19.7 Å². The van der Waals surface area contributed by atoms with Crippen LogP contribution in [0, 0.1) is 0 Å². The van der Waals surface area contributed by atoms with Crippen LogP contribution >= 0.6 is 15.9 Å². The fraction of sp³-hybridized carbons (Fsp3) is 0.182. The number of hydrogen-bond acceptors (Lipinski definition) is 5. The number of nitrogens with zero attached hydrogens (tertiary/aromatic N) is 1. The number of fused-ring (bicyclic) bond motifs is 1. The van der Waals surface area contributed by atoms with Crippen LogP contribution < -0.4 is 10.1 Å². The molecule has 1 heterocycles. The molecular formula is C22H21BrN2O3. The number of pyridine rings is 1. The molecule has 2 aromatic carbocycles. The van der Waals surface area contributed by atoms with E-state index in [0.29, 0.717) is 17.9 Å². The summed E-state index contributed by atoms with van der Waals surface area (Å²) in [6.45, 7) is 2.32. The Labute approximate surface area is 172 Å². The molecule has 144 valence electrons. The maximum Gasteiger partial charge on any atom is 0.333 e. The fourth-order valence-electron chi connectivity index (χ4n) is 2.80. The Morgan fingerprint density at radius 3 is 2.57 bits per heavy atom. The zero-order chi connectivity index (χ0) is 20.1. The normalized spacial score (nSPS) is 11.4. The highest BCUT2D eigenvalue weighted by Crippen LogP contribution is 2.26. The van der Waals surface area contributed by atoms with Crippen molar-refractivity contribution in [2.75, 3.05) is 19.5 Å². The minimum absolute atomic E-state index is 0.365. The lowest BCUT2D eigenvalue weighted by atomic mass is 10.1. The van der Waals surface area contributed by atoms with Crippen molar-refractivity contribution in [1.29, 1.82) is 0 Å². The monoisotopic (exact) mass is 440 g/mol. The Hall–Kier alpha value is -2.86.